The quantitative estimate of drug-likeness (QED) is 0.239. The molecule has 168 valence electrons. The van der Waals surface area contributed by atoms with Crippen LogP contribution in [0.4, 0.5) is 0 Å². The van der Waals surface area contributed by atoms with Gasteiger partial charge < -0.3 is 4.74 Å². The third-order valence-corrected chi connectivity index (χ3v) is 9.02. The van der Waals surface area contributed by atoms with Gasteiger partial charge in [0.05, 0.1) is 7.11 Å². The Kier molecular flexibility index (Phi) is 5.78. The van der Waals surface area contributed by atoms with Gasteiger partial charge >= 0.3 is 0 Å². The van der Waals surface area contributed by atoms with Gasteiger partial charge in [0.25, 0.3) is 0 Å². The van der Waals surface area contributed by atoms with Crippen LogP contribution in [0.2, 0.25) is 0 Å². The average Bonchev–Trinajstić information content (AvgIpc) is 2.94. The lowest BCUT2D eigenvalue weighted by molar-refractivity contribution is 0.417. The van der Waals surface area contributed by atoms with Crippen LogP contribution in [0.25, 0.3) is 32.7 Å². The van der Waals surface area contributed by atoms with E-state index in [1.807, 2.05) is 0 Å². The summed E-state index contributed by atoms with van der Waals surface area (Å²) in [6, 6.07) is 48.0. The summed E-state index contributed by atoms with van der Waals surface area (Å²) in [5, 5.41) is 8.92. The number of hydrogen-bond donors (Lipinski definition) is 0. The molecule has 0 atom stereocenters. The third-order valence-electron chi connectivity index (χ3n) is 6.54. The van der Waals surface area contributed by atoms with Crippen molar-refractivity contribution < 1.29 is 4.74 Å². The molecule has 0 unspecified atom stereocenters. The topological polar surface area (TPSA) is 9.23 Å². The van der Waals surface area contributed by atoms with Gasteiger partial charge in [0.15, 0.2) is 0 Å². The molecule has 35 heavy (non-hydrogen) atoms. The van der Waals surface area contributed by atoms with Crippen LogP contribution in [0.5, 0.6) is 5.75 Å². The molecule has 0 aliphatic rings. The van der Waals surface area contributed by atoms with E-state index >= 15 is 0 Å². The zero-order valence-electron chi connectivity index (χ0n) is 19.6. The first-order valence-electron chi connectivity index (χ1n) is 11.8. The van der Waals surface area contributed by atoms with Crippen LogP contribution in [0, 0.1) is 0 Å². The molecule has 0 bridgehead atoms. The molecule has 6 aromatic carbocycles. The van der Waals surface area contributed by atoms with Crippen LogP contribution < -0.4 is 20.7 Å². The van der Waals surface area contributed by atoms with E-state index < -0.39 is 7.92 Å². The Morgan fingerprint density at radius 1 is 0.457 bits per heavy atom. The standard InChI is InChI=1S/C33H25OP/c1-34-30-22-20-24-12-8-10-18-28(24)32(30)33-29-19-11-9-13-25(29)21-23-31(33)35(26-14-4-2-5-15-26)27-16-6-3-7-17-27/h2-23H,1H3. The maximum absolute atomic E-state index is 6.01. The van der Waals surface area contributed by atoms with Crippen LogP contribution >= 0.6 is 7.92 Å². The van der Waals surface area contributed by atoms with Crippen molar-refractivity contribution in [1.82, 2.24) is 0 Å². The number of benzene rings is 6. The highest BCUT2D eigenvalue weighted by molar-refractivity contribution is 7.80. The largest absolute Gasteiger partial charge is 0.496 e. The van der Waals surface area contributed by atoms with Crippen molar-refractivity contribution in [2.75, 3.05) is 7.11 Å². The van der Waals surface area contributed by atoms with Crippen molar-refractivity contribution in [3.63, 3.8) is 0 Å². The van der Waals surface area contributed by atoms with E-state index in [1.54, 1.807) is 7.11 Å². The Bertz CT molecular complexity index is 1580. The summed E-state index contributed by atoms with van der Waals surface area (Å²) in [4.78, 5) is 0. The van der Waals surface area contributed by atoms with E-state index in [9.17, 15) is 0 Å². The van der Waals surface area contributed by atoms with Crippen molar-refractivity contribution >= 4 is 45.4 Å². The molecule has 0 amide bonds. The number of hydrogen-bond acceptors (Lipinski definition) is 1. The van der Waals surface area contributed by atoms with Crippen molar-refractivity contribution in [1.29, 1.82) is 0 Å². The average molecular weight is 469 g/mol. The fourth-order valence-electron chi connectivity index (χ4n) is 4.97. The van der Waals surface area contributed by atoms with E-state index in [0.29, 0.717) is 0 Å². The minimum atomic E-state index is -0.792. The van der Waals surface area contributed by atoms with Gasteiger partial charge in [-0.2, -0.15) is 0 Å². The number of rotatable bonds is 5. The molecule has 0 radical (unpaired) electrons. The highest BCUT2D eigenvalue weighted by Crippen LogP contribution is 2.45. The first kappa shape index (κ1) is 21.6. The van der Waals surface area contributed by atoms with Crippen molar-refractivity contribution in [2.45, 2.75) is 0 Å². The lowest BCUT2D eigenvalue weighted by Gasteiger charge is -2.25. The summed E-state index contributed by atoms with van der Waals surface area (Å²) in [5.74, 6) is 0.900. The molecular weight excluding hydrogens is 443 g/mol. The van der Waals surface area contributed by atoms with Crippen LogP contribution in [-0.4, -0.2) is 7.11 Å². The predicted molar refractivity (Wildman–Crippen MR) is 152 cm³/mol. The van der Waals surface area contributed by atoms with Gasteiger partial charge in [-0.05, 0) is 51.4 Å². The van der Waals surface area contributed by atoms with Crippen molar-refractivity contribution in [3.05, 3.63) is 133 Å². The molecule has 0 heterocycles. The molecule has 0 spiro atoms. The van der Waals surface area contributed by atoms with Crippen molar-refractivity contribution in [2.24, 2.45) is 0 Å². The second kappa shape index (κ2) is 9.37. The molecule has 0 fully saturated rings. The van der Waals surface area contributed by atoms with Gasteiger partial charge in [0, 0.05) is 11.1 Å². The van der Waals surface area contributed by atoms with Crippen LogP contribution in [0.3, 0.4) is 0 Å². The molecule has 2 heteroatoms. The highest BCUT2D eigenvalue weighted by atomic mass is 31.1. The number of ether oxygens (including phenoxy) is 1. The Morgan fingerprint density at radius 3 is 1.51 bits per heavy atom. The Hall–Kier alpha value is -3.93. The molecule has 0 saturated carbocycles. The summed E-state index contributed by atoms with van der Waals surface area (Å²) >= 11 is 0. The van der Waals surface area contributed by atoms with Gasteiger partial charge in [-0.1, -0.05) is 127 Å². The molecule has 0 N–H and O–H groups in total. The van der Waals surface area contributed by atoms with Crippen LogP contribution in [0.15, 0.2) is 133 Å². The first-order valence-corrected chi connectivity index (χ1v) is 13.2. The minimum absolute atomic E-state index is 0.792. The first-order chi connectivity index (χ1) is 17.3. The highest BCUT2D eigenvalue weighted by Gasteiger charge is 2.24. The summed E-state index contributed by atoms with van der Waals surface area (Å²) in [5.41, 5.74) is 2.42. The Labute approximate surface area is 207 Å². The molecule has 6 aromatic rings. The summed E-state index contributed by atoms with van der Waals surface area (Å²) in [6.07, 6.45) is 0. The molecule has 1 nitrogen and oxygen atoms in total. The molecule has 0 aromatic heterocycles. The van der Waals surface area contributed by atoms with E-state index in [1.165, 1.54) is 43.0 Å². The van der Waals surface area contributed by atoms with E-state index in [4.69, 9.17) is 4.74 Å². The fraction of sp³-hybridized carbons (Fsp3) is 0.0303. The molecule has 0 saturated heterocycles. The lowest BCUT2D eigenvalue weighted by atomic mass is 9.93. The minimum Gasteiger partial charge on any atom is -0.496 e. The summed E-state index contributed by atoms with van der Waals surface area (Å²) in [7, 11) is 0.981. The third kappa shape index (κ3) is 3.89. The fourth-order valence-corrected chi connectivity index (χ4v) is 7.44. The maximum atomic E-state index is 6.01. The predicted octanol–water partition coefficient (Wildman–Crippen LogP) is 7.43. The van der Waals surface area contributed by atoms with E-state index in [-0.39, 0.29) is 0 Å². The zero-order valence-corrected chi connectivity index (χ0v) is 20.5. The monoisotopic (exact) mass is 468 g/mol. The molecule has 6 rings (SSSR count). The smallest absolute Gasteiger partial charge is 0.127 e. The van der Waals surface area contributed by atoms with E-state index in [2.05, 4.69) is 133 Å². The number of methoxy groups -OCH3 is 1. The normalized spacial score (nSPS) is 11.3. The second-order valence-electron chi connectivity index (χ2n) is 8.55. The van der Waals surface area contributed by atoms with Crippen LogP contribution in [0.1, 0.15) is 0 Å². The van der Waals surface area contributed by atoms with Crippen molar-refractivity contribution in [3.8, 4) is 16.9 Å². The molecule has 0 aliphatic carbocycles. The number of fused-ring (bicyclic) bond motifs is 2. The van der Waals surface area contributed by atoms with Gasteiger partial charge in [-0.15, -0.1) is 0 Å². The Balaban J connectivity index is 1.77. The van der Waals surface area contributed by atoms with E-state index in [0.717, 1.165) is 11.3 Å². The SMILES string of the molecule is COc1ccc2ccccc2c1-c1c(P(c2ccccc2)c2ccccc2)ccc2ccccc12. The van der Waals surface area contributed by atoms with Gasteiger partial charge in [0.1, 0.15) is 5.75 Å². The van der Waals surface area contributed by atoms with Gasteiger partial charge in [-0.3, -0.25) is 0 Å². The zero-order chi connectivity index (χ0) is 23.6. The molecule has 0 aliphatic heterocycles. The summed E-state index contributed by atoms with van der Waals surface area (Å²) in [6.45, 7) is 0. The Morgan fingerprint density at radius 2 is 0.943 bits per heavy atom. The summed E-state index contributed by atoms with van der Waals surface area (Å²) < 4.78 is 6.01. The molecular formula is C33H25OP. The second-order valence-corrected chi connectivity index (χ2v) is 10.7. The lowest BCUT2D eigenvalue weighted by Crippen LogP contribution is -2.22. The van der Waals surface area contributed by atoms with Crippen LogP contribution in [-0.2, 0) is 0 Å². The van der Waals surface area contributed by atoms with Gasteiger partial charge in [0.2, 0.25) is 0 Å². The maximum Gasteiger partial charge on any atom is 0.127 e. The van der Waals surface area contributed by atoms with Gasteiger partial charge in [-0.25, -0.2) is 0 Å².